The minimum Gasteiger partial charge on any atom is -0.490 e. The quantitative estimate of drug-likeness (QED) is 0.748. The van der Waals surface area contributed by atoms with Crippen molar-refractivity contribution < 1.29 is 9.84 Å². The summed E-state index contributed by atoms with van der Waals surface area (Å²) in [5.74, 6) is 0.992. The number of hydrogen-bond acceptors (Lipinski definition) is 5. The van der Waals surface area contributed by atoms with Crippen LogP contribution in [0.5, 0.6) is 5.75 Å². The van der Waals surface area contributed by atoms with Crippen LogP contribution in [0.4, 0.5) is 5.82 Å². The van der Waals surface area contributed by atoms with E-state index in [0.717, 1.165) is 0 Å². The minimum absolute atomic E-state index is 0.0429. The van der Waals surface area contributed by atoms with Crippen molar-refractivity contribution in [1.82, 2.24) is 9.97 Å². The molecule has 1 aromatic rings. The fourth-order valence-electron chi connectivity index (χ4n) is 1.05. The zero-order chi connectivity index (χ0) is 10.6. The van der Waals surface area contributed by atoms with Crippen LogP contribution in [-0.2, 0) is 0 Å². The average molecular weight is 218 g/mol. The first-order chi connectivity index (χ1) is 6.70. The maximum Gasteiger partial charge on any atom is 0.199 e. The number of aromatic nitrogens is 2. The summed E-state index contributed by atoms with van der Waals surface area (Å²) in [6.45, 7) is 0.505. The number of aliphatic hydroxyl groups is 1. The van der Waals surface area contributed by atoms with Gasteiger partial charge in [-0.15, -0.1) is 0 Å². The molecule has 0 aliphatic heterocycles. The van der Waals surface area contributed by atoms with Crippen LogP contribution in [0.2, 0.25) is 5.15 Å². The Morgan fingerprint density at radius 3 is 2.86 bits per heavy atom. The molecule has 78 valence electrons. The third kappa shape index (κ3) is 2.24. The lowest BCUT2D eigenvalue weighted by Gasteiger charge is -2.18. The largest absolute Gasteiger partial charge is 0.490 e. The van der Waals surface area contributed by atoms with Crippen LogP contribution < -0.4 is 9.64 Å². The molecule has 1 rings (SSSR count). The first-order valence-electron chi connectivity index (χ1n) is 4.07. The molecule has 0 unspecified atom stereocenters. The van der Waals surface area contributed by atoms with Gasteiger partial charge in [-0.25, -0.2) is 9.97 Å². The number of ether oxygens (including phenoxy) is 1. The van der Waals surface area contributed by atoms with Gasteiger partial charge in [-0.1, -0.05) is 11.6 Å². The van der Waals surface area contributed by atoms with E-state index in [1.807, 2.05) is 0 Å². The lowest BCUT2D eigenvalue weighted by atomic mass is 10.4. The number of methoxy groups -OCH3 is 1. The molecule has 1 N–H and O–H groups in total. The van der Waals surface area contributed by atoms with Crippen molar-refractivity contribution in [1.29, 1.82) is 0 Å². The second-order valence-electron chi connectivity index (χ2n) is 2.67. The van der Waals surface area contributed by atoms with E-state index in [9.17, 15) is 0 Å². The van der Waals surface area contributed by atoms with Crippen LogP contribution in [0, 0.1) is 0 Å². The number of halogens is 1. The Kier molecular flexibility index (Phi) is 3.91. The van der Waals surface area contributed by atoms with E-state index >= 15 is 0 Å². The van der Waals surface area contributed by atoms with Crippen molar-refractivity contribution in [2.75, 3.05) is 32.2 Å². The van der Waals surface area contributed by atoms with E-state index in [1.165, 1.54) is 13.4 Å². The van der Waals surface area contributed by atoms with Gasteiger partial charge in [0.15, 0.2) is 16.7 Å². The van der Waals surface area contributed by atoms with Gasteiger partial charge in [0.05, 0.1) is 13.7 Å². The summed E-state index contributed by atoms with van der Waals surface area (Å²) in [5.41, 5.74) is 0. The Bertz CT molecular complexity index is 309. The van der Waals surface area contributed by atoms with Gasteiger partial charge < -0.3 is 14.7 Å². The molecule has 0 spiro atoms. The van der Waals surface area contributed by atoms with Gasteiger partial charge >= 0.3 is 0 Å². The van der Waals surface area contributed by atoms with Crippen molar-refractivity contribution in [2.45, 2.75) is 0 Å². The number of aliphatic hydroxyl groups excluding tert-OH is 1. The average Bonchev–Trinajstić information content (AvgIpc) is 2.17. The highest BCUT2D eigenvalue weighted by Crippen LogP contribution is 2.30. The Morgan fingerprint density at radius 2 is 2.29 bits per heavy atom. The van der Waals surface area contributed by atoms with Crippen LogP contribution in [0.25, 0.3) is 0 Å². The molecule has 0 saturated carbocycles. The molecule has 14 heavy (non-hydrogen) atoms. The van der Waals surface area contributed by atoms with Crippen LogP contribution in [-0.4, -0.2) is 42.4 Å². The summed E-state index contributed by atoms with van der Waals surface area (Å²) in [7, 11) is 3.29. The number of likely N-dealkylation sites (N-methyl/N-ethyl adjacent to an activating group) is 1. The first-order valence-corrected chi connectivity index (χ1v) is 4.45. The molecular weight excluding hydrogens is 206 g/mol. The Hall–Kier alpha value is -1.07. The molecule has 1 heterocycles. The molecule has 0 fully saturated rings. The van der Waals surface area contributed by atoms with Gasteiger partial charge in [0.25, 0.3) is 0 Å². The zero-order valence-electron chi connectivity index (χ0n) is 8.07. The molecule has 0 saturated heterocycles. The molecule has 1 aromatic heterocycles. The van der Waals surface area contributed by atoms with Crippen molar-refractivity contribution >= 4 is 17.4 Å². The predicted octanol–water partition coefficient (Wildman–Crippen LogP) is 0.567. The predicted molar refractivity (Wildman–Crippen MR) is 53.9 cm³/mol. The standard InChI is InChI=1S/C8H12ClN3O2/c1-12(3-4-13)8-6(14-2)7(9)10-5-11-8/h5,13H,3-4H2,1-2H3. The number of hydrogen-bond donors (Lipinski definition) is 1. The van der Waals surface area contributed by atoms with Crippen LogP contribution in [0.1, 0.15) is 0 Å². The molecular formula is C8H12ClN3O2. The Balaban J connectivity index is 3.00. The van der Waals surface area contributed by atoms with E-state index < -0.39 is 0 Å². The third-order valence-electron chi connectivity index (χ3n) is 1.74. The lowest BCUT2D eigenvalue weighted by Crippen LogP contribution is -2.23. The maximum atomic E-state index is 8.77. The smallest absolute Gasteiger partial charge is 0.199 e. The highest BCUT2D eigenvalue weighted by molar-refractivity contribution is 6.31. The Labute approximate surface area is 87.3 Å². The molecule has 0 aliphatic carbocycles. The van der Waals surface area contributed by atoms with Crippen LogP contribution in [0.15, 0.2) is 6.33 Å². The van der Waals surface area contributed by atoms with E-state index in [-0.39, 0.29) is 11.8 Å². The summed E-state index contributed by atoms with van der Waals surface area (Å²) in [6, 6.07) is 0. The summed E-state index contributed by atoms with van der Waals surface area (Å²) in [6.07, 6.45) is 1.36. The van der Waals surface area contributed by atoms with Crippen molar-refractivity contribution in [3.63, 3.8) is 0 Å². The summed E-state index contributed by atoms with van der Waals surface area (Å²) >= 11 is 5.81. The number of anilines is 1. The van der Waals surface area contributed by atoms with Gasteiger partial charge in [0, 0.05) is 13.6 Å². The van der Waals surface area contributed by atoms with Gasteiger partial charge in [-0.05, 0) is 0 Å². The number of rotatable bonds is 4. The maximum absolute atomic E-state index is 8.77. The lowest BCUT2D eigenvalue weighted by molar-refractivity contribution is 0.303. The molecule has 0 radical (unpaired) electrons. The van der Waals surface area contributed by atoms with Crippen molar-refractivity contribution in [2.24, 2.45) is 0 Å². The normalized spacial score (nSPS) is 10.0. The SMILES string of the molecule is COc1c(Cl)ncnc1N(C)CCO. The van der Waals surface area contributed by atoms with E-state index in [4.69, 9.17) is 21.4 Å². The van der Waals surface area contributed by atoms with E-state index in [0.29, 0.717) is 18.1 Å². The summed E-state index contributed by atoms with van der Waals surface area (Å²) in [5, 5.41) is 9.04. The monoisotopic (exact) mass is 217 g/mol. The fraction of sp³-hybridized carbons (Fsp3) is 0.500. The van der Waals surface area contributed by atoms with E-state index in [2.05, 4.69) is 9.97 Å². The van der Waals surface area contributed by atoms with Crippen LogP contribution in [0.3, 0.4) is 0 Å². The molecule has 0 aromatic carbocycles. The summed E-state index contributed by atoms with van der Waals surface area (Å²) in [4.78, 5) is 9.56. The van der Waals surface area contributed by atoms with Crippen molar-refractivity contribution in [3.05, 3.63) is 11.5 Å². The minimum atomic E-state index is 0.0429. The first kappa shape index (κ1) is 11.0. The van der Waals surface area contributed by atoms with Gasteiger partial charge in [0.2, 0.25) is 0 Å². The molecule has 0 aliphatic rings. The number of nitrogens with zero attached hydrogens (tertiary/aromatic N) is 3. The topological polar surface area (TPSA) is 58.5 Å². The fourth-order valence-corrected chi connectivity index (χ4v) is 1.25. The van der Waals surface area contributed by atoms with Crippen molar-refractivity contribution in [3.8, 4) is 5.75 Å². The molecule has 5 nitrogen and oxygen atoms in total. The summed E-state index contributed by atoms with van der Waals surface area (Å²) < 4.78 is 5.06. The zero-order valence-corrected chi connectivity index (χ0v) is 8.82. The third-order valence-corrected chi connectivity index (χ3v) is 2.01. The Morgan fingerprint density at radius 1 is 1.57 bits per heavy atom. The second-order valence-corrected chi connectivity index (χ2v) is 3.02. The molecule has 6 heteroatoms. The second kappa shape index (κ2) is 4.97. The molecule has 0 amide bonds. The van der Waals surface area contributed by atoms with Crippen LogP contribution >= 0.6 is 11.6 Å². The molecule has 0 atom stereocenters. The van der Waals surface area contributed by atoms with Gasteiger partial charge in [-0.2, -0.15) is 0 Å². The van der Waals surface area contributed by atoms with Gasteiger partial charge in [0.1, 0.15) is 6.33 Å². The highest BCUT2D eigenvalue weighted by atomic mass is 35.5. The van der Waals surface area contributed by atoms with E-state index in [1.54, 1.807) is 11.9 Å². The molecule has 0 bridgehead atoms. The van der Waals surface area contributed by atoms with Gasteiger partial charge in [-0.3, -0.25) is 0 Å². The highest BCUT2D eigenvalue weighted by Gasteiger charge is 2.13.